The second-order valence-corrected chi connectivity index (χ2v) is 11.6. The monoisotopic (exact) mass is 672 g/mol. The van der Waals surface area contributed by atoms with Gasteiger partial charge in [0.2, 0.25) is 5.89 Å². The molecule has 0 saturated carbocycles. The summed E-state index contributed by atoms with van der Waals surface area (Å²) in [6.45, 7) is 3.98. The quantitative estimate of drug-likeness (QED) is 0.125. The highest BCUT2D eigenvalue weighted by Crippen LogP contribution is 2.22. The van der Waals surface area contributed by atoms with Crippen LogP contribution in [0.3, 0.4) is 0 Å². The van der Waals surface area contributed by atoms with Crippen LogP contribution in [-0.4, -0.2) is 50.6 Å². The van der Waals surface area contributed by atoms with Crippen molar-refractivity contribution in [3.8, 4) is 28.6 Å². The molecule has 0 saturated heterocycles. The molecule has 0 aliphatic rings. The van der Waals surface area contributed by atoms with Crippen molar-refractivity contribution in [1.82, 2.24) is 20.0 Å². The molecule has 6 rings (SSSR count). The fraction of sp³-hybridized carbons (Fsp3) is 0.225. The lowest BCUT2D eigenvalue weighted by Gasteiger charge is -2.07. The van der Waals surface area contributed by atoms with Crippen LogP contribution >= 0.6 is 0 Å². The van der Waals surface area contributed by atoms with Crippen molar-refractivity contribution in [2.75, 3.05) is 13.7 Å². The van der Waals surface area contributed by atoms with Crippen molar-refractivity contribution < 1.29 is 28.6 Å². The molecule has 0 amide bonds. The van der Waals surface area contributed by atoms with Crippen LogP contribution in [0.1, 0.15) is 52.1 Å². The number of carbonyl (C=O) groups is 2. The lowest BCUT2D eigenvalue weighted by Crippen LogP contribution is -2.04. The predicted octanol–water partition coefficient (Wildman–Crippen LogP) is 7.55. The third kappa shape index (κ3) is 9.99. The Hall–Kier alpha value is -6.03. The number of ether oxygens (including phenoxy) is 2. The van der Waals surface area contributed by atoms with Crippen LogP contribution in [-0.2, 0) is 30.5 Å². The lowest BCUT2D eigenvalue weighted by atomic mass is 10.1. The largest absolute Gasteiger partial charge is 0.497 e. The summed E-state index contributed by atoms with van der Waals surface area (Å²) in [7, 11) is 1.64. The van der Waals surface area contributed by atoms with Crippen LogP contribution in [0.15, 0.2) is 114 Å². The third-order valence-electron chi connectivity index (χ3n) is 7.84. The molecule has 0 fully saturated rings. The van der Waals surface area contributed by atoms with Crippen molar-refractivity contribution in [3.63, 3.8) is 0 Å². The van der Waals surface area contributed by atoms with Gasteiger partial charge < -0.3 is 23.8 Å². The average molecular weight is 673 g/mol. The molecule has 6 aromatic rings. The first kappa shape index (κ1) is 35.3. The maximum atomic E-state index is 11.7. The van der Waals surface area contributed by atoms with E-state index < -0.39 is 5.97 Å². The van der Waals surface area contributed by atoms with Gasteiger partial charge in [-0.15, -0.1) is 5.10 Å². The van der Waals surface area contributed by atoms with Crippen LogP contribution < -0.4 is 9.47 Å². The van der Waals surface area contributed by atoms with Gasteiger partial charge in [0.25, 0.3) is 0 Å². The molecule has 2 aromatic heterocycles. The molecule has 0 atom stereocenters. The van der Waals surface area contributed by atoms with Gasteiger partial charge in [0, 0.05) is 18.4 Å². The van der Waals surface area contributed by atoms with Crippen LogP contribution in [0.2, 0.25) is 0 Å². The van der Waals surface area contributed by atoms with E-state index in [1.54, 1.807) is 14.0 Å². The maximum Gasteiger partial charge on any atom is 0.358 e. The molecule has 0 aliphatic heterocycles. The molecule has 0 aliphatic carbocycles. The van der Waals surface area contributed by atoms with Gasteiger partial charge in [-0.25, -0.2) is 9.78 Å². The first-order valence-corrected chi connectivity index (χ1v) is 16.4. The minimum Gasteiger partial charge on any atom is -0.497 e. The summed E-state index contributed by atoms with van der Waals surface area (Å²) in [4.78, 5) is 28.5. The fourth-order valence-corrected chi connectivity index (χ4v) is 5.18. The van der Waals surface area contributed by atoms with E-state index in [4.69, 9.17) is 13.9 Å². The van der Waals surface area contributed by atoms with E-state index in [-0.39, 0.29) is 11.5 Å². The predicted molar refractivity (Wildman–Crippen MR) is 190 cm³/mol. The van der Waals surface area contributed by atoms with E-state index in [1.807, 2.05) is 116 Å². The highest BCUT2D eigenvalue weighted by Gasteiger charge is 2.18. The van der Waals surface area contributed by atoms with Crippen LogP contribution in [0.4, 0.5) is 0 Å². The second-order valence-electron chi connectivity index (χ2n) is 11.6. The number of aromatic nitrogens is 4. The summed E-state index contributed by atoms with van der Waals surface area (Å²) >= 11 is 0. The van der Waals surface area contributed by atoms with Gasteiger partial charge in [0.15, 0.2) is 5.69 Å². The molecule has 256 valence electrons. The number of carboxylic acids is 1. The van der Waals surface area contributed by atoms with Gasteiger partial charge >= 0.3 is 5.97 Å². The average Bonchev–Trinajstić information content (AvgIpc) is 3.75. The Morgan fingerprint density at radius 3 is 2.10 bits per heavy atom. The van der Waals surface area contributed by atoms with E-state index in [0.717, 1.165) is 46.1 Å². The Bertz CT molecular complexity index is 2000. The number of Topliss-reactive ketones (excluding diaryl/α,β-unsaturated/α-hetero) is 1. The van der Waals surface area contributed by atoms with Gasteiger partial charge in [-0.1, -0.05) is 60.7 Å². The Morgan fingerprint density at radius 2 is 1.42 bits per heavy atom. The fourth-order valence-electron chi connectivity index (χ4n) is 5.18. The van der Waals surface area contributed by atoms with Crippen molar-refractivity contribution in [1.29, 1.82) is 0 Å². The zero-order valence-electron chi connectivity index (χ0n) is 28.4. The molecule has 1 N–H and O–H groups in total. The van der Waals surface area contributed by atoms with E-state index in [2.05, 4.69) is 15.2 Å². The van der Waals surface area contributed by atoms with Gasteiger partial charge in [-0.05, 0) is 92.8 Å². The standard InChI is InChI=1S/C29H26N4O4.C11H14O2/c1-20-25(30-28(37-20)22-10-4-2-5-11-22)17-18-36-24-14-8-9-21(19-24)15-16-26-27(29(34)35)32-33(31-26)23-12-6-3-7-13-23;1-9(12)6-7-10-4-3-5-11(8-10)13-2/h2-14,19H,15-18H2,1H3,(H,34,35);3-5,8H,6-7H2,1-2H3. The van der Waals surface area contributed by atoms with Gasteiger partial charge in [-0.3, -0.25) is 0 Å². The van der Waals surface area contributed by atoms with E-state index in [9.17, 15) is 14.7 Å². The highest BCUT2D eigenvalue weighted by atomic mass is 16.5. The number of methoxy groups -OCH3 is 1. The van der Waals surface area contributed by atoms with Gasteiger partial charge in [-0.2, -0.15) is 9.90 Å². The van der Waals surface area contributed by atoms with Crippen molar-refractivity contribution in [2.24, 2.45) is 0 Å². The number of aromatic carboxylic acids is 1. The Kier molecular flexibility index (Phi) is 12.3. The minimum atomic E-state index is -1.09. The maximum absolute atomic E-state index is 11.7. The summed E-state index contributed by atoms with van der Waals surface area (Å²) in [5.74, 6) is 2.12. The smallest absolute Gasteiger partial charge is 0.358 e. The number of aryl methyl sites for hydroxylation is 4. The molecule has 0 unspecified atom stereocenters. The van der Waals surface area contributed by atoms with Gasteiger partial charge in [0.1, 0.15) is 23.0 Å². The SMILES string of the molecule is COc1cccc(CCC(C)=O)c1.Cc1oc(-c2ccccc2)nc1CCOc1cccc(CCc2nn(-c3ccccc3)nc2C(=O)O)c1. The minimum absolute atomic E-state index is 0.0332. The summed E-state index contributed by atoms with van der Waals surface area (Å²) < 4.78 is 16.9. The van der Waals surface area contributed by atoms with E-state index in [0.29, 0.717) is 49.6 Å². The number of ketones is 1. The zero-order valence-corrected chi connectivity index (χ0v) is 28.4. The van der Waals surface area contributed by atoms with Crippen LogP contribution in [0, 0.1) is 6.92 Å². The second kappa shape index (κ2) is 17.4. The zero-order chi connectivity index (χ0) is 35.3. The van der Waals surface area contributed by atoms with E-state index >= 15 is 0 Å². The topological polar surface area (TPSA) is 130 Å². The number of oxazole rings is 1. The first-order valence-electron chi connectivity index (χ1n) is 16.4. The Labute approximate surface area is 291 Å². The molecule has 0 radical (unpaired) electrons. The van der Waals surface area contributed by atoms with Crippen molar-refractivity contribution in [2.45, 2.75) is 46.0 Å². The van der Waals surface area contributed by atoms with Crippen molar-refractivity contribution >= 4 is 11.8 Å². The molecule has 0 spiro atoms. The number of nitrogens with zero attached hydrogens (tertiary/aromatic N) is 4. The molecule has 4 aromatic carbocycles. The molecule has 0 bridgehead atoms. The molecule has 2 heterocycles. The summed E-state index contributed by atoms with van der Waals surface area (Å²) in [6.07, 6.45) is 3.07. The Balaban J connectivity index is 0.000000315. The number of benzene rings is 4. The van der Waals surface area contributed by atoms with Gasteiger partial charge in [0.05, 0.1) is 30.8 Å². The highest BCUT2D eigenvalue weighted by molar-refractivity contribution is 5.86. The lowest BCUT2D eigenvalue weighted by molar-refractivity contribution is -0.116. The number of rotatable bonds is 14. The number of hydrogen-bond donors (Lipinski definition) is 1. The van der Waals surface area contributed by atoms with Crippen LogP contribution in [0.5, 0.6) is 11.5 Å². The molecule has 10 heteroatoms. The molecule has 50 heavy (non-hydrogen) atoms. The number of para-hydroxylation sites is 1. The van der Waals surface area contributed by atoms with E-state index in [1.165, 1.54) is 4.80 Å². The summed E-state index contributed by atoms with van der Waals surface area (Å²) in [5, 5.41) is 18.2. The number of hydrogen-bond acceptors (Lipinski definition) is 8. The summed E-state index contributed by atoms with van der Waals surface area (Å²) in [5.41, 5.74) is 5.11. The molecule has 10 nitrogen and oxygen atoms in total. The molecular weight excluding hydrogens is 632 g/mol. The number of carbonyl (C=O) groups excluding carboxylic acids is 1. The number of carboxylic acid groups (broad SMARTS) is 1. The third-order valence-corrected chi connectivity index (χ3v) is 7.84. The summed E-state index contributed by atoms with van der Waals surface area (Å²) in [6, 6.07) is 34.7. The molecular formula is C40H40N4O6. The normalized spacial score (nSPS) is 10.6. The van der Waals surface area contributed by atoms with Crippen LogP contribution in [0.25, 0.3) is 17.1 Å². The first-order chi connectivity index (χ1) is 24.3. The van der Waals surface area contributed by atoms with Crippen molar-refractivity contribution in [3.05, 3.63) is 143 Å². The Morgan fingerprint density at radius 1 is 0.760 bits per heavy atom.